The van der Waals surface area contributed by atoms with Gasteiger partial charge in [0.1, 0.15) is 5.75 Å². The molecule has 2 heterocycles. The van der Waals surface area contributed by atoms with E-state index in [0.29, 0.717) is 17.1 Å². The van der Waals surface area contributed by atoms with E-state index < -0.39 is 16.1 Å². The van der Waals surface area contributed by atoms with Crippen LogP contribution in [0.3, 0.4) is 0 Å². The molecule has 166 valence electrons. The lowest BCUT2D eigenvalue weighted by Crippen LogP contribution is -2.48. The Kier molecular flexibility index (Phi) is 5.81. The first-order valence-corrected chi connectivity index (χ1v) is 12.1. The number of nitrogens with zero attached hydrogens (tertiary/aromatic N) is 3. The highest BCUT2D eigenvalue weighted by Gasteiger charge is 2.35. The predicted molar refractivity (Wildman–Crippen MR) is 123 cm³/mol. The second kappa shape index (κ2) is 8.39. The van der Waals surface area contributed by atoms with Gasteiger partial charge >= 0.3 is 0 Å². The number of carbonyl (C=O) groups excluding carboxylic acids is 1. The third kappa shape index (κ3) is 4.77. The summed E-state index contributed by atoms with van der Waals surface area (Å²) in [7, 11) is -1.43. The van der Waals surface area contributed by atoms with E-state index in [2.05, 4.69) is 22.2 Å². The molecule has 2 aromatic carbocycles. The number of benzene rings is 2. The molecule has 0 spiro atoms. The van der Waals surface area contributed by atoms with Crippen LogP contribution in [0.4, 0.5) is 17.1 Å². The lowest BCUT2D eigenvalue weighted by molar-refractivity contribution is -0.122. The van der Waals surface area contributed by atoms with Gasteiger partial charge in [-0.15, -0.1) is 0 Å². The fourth-order valence-corrected chi connectivity index (χ4v) is 4.76. The number of sulfonamides is 1. The Bertz CT molecular complexity index is 1060. The van der Waals surface area contributed by atoms with Gasteiger partial charge in [-0.1, -0.05) is 6.07 Å². The van der Waals surface area contributed by atoms with Crippen molar-refractivity contribution >= 4 is 33.0 Å². The number of carbonyl (C=O) groups is 1. The molecule has 2 aromatic rings. The Morgan fingerprint density at radius 2 is 1.74 bits per heavy atom. The summed E-state index contributed by atoms with van der Waals surface area (Å²) in [5, 5.41) is 2.85. The zero-order chi connectivity index (χ0) is 22.2. The highest BCUT2D eigenvalue weighted by atomic mass is 32.2. The molecular weight excluding hydrogens is 416 g/mol. The van der Waals surface area contributed by atoms with E-state index in [0.717, 1.165) is 43.7 Å². The smallest absolute Gasteiger partial charge is 0.267 e. The van der Waals surface area contributed by atoms with Crippen LogP contribution in [-0.2, 0) is 14.8 Å². The van der Waals surface area contributed by atoms with Gasteiger partial charge in [-0.25, -0.2) is 8.42 Å². The summed E-state index contributed by atoms with van der Waals surface area (Å²) in [6, 6.07) is 13.0. The van der Waals surface area contributed by atoms with Crippen LogP contribution in [0.2, 0.25) is 0 Å². The number of rotatable bonds is 4. The molecule has 2 aliphatic heterocycles. The van der Waals surface area contributed by atoms with Crippen molar-refractivity contribution in [2.45, 2.75) is 13.0 Å². The largest absolute Gasteiger partial charge is 0.476 e. The van der Waals surface area contributed by atoms with Gasteiger partial charge in [0.05, 0.1) is 18.5 Å². The lowest BCUT2D eigenvalue weighted by Gasteiger charge is -2.34. The standard InChI is InChI=1S/C22H28N4O4S/c1-16-4-9-20-19(14-16)26(31(3,28)29)15-21(30-20)22(27)23-17-5-7-18(8-6-17)25-12-10-24(2)11-13-25/h4-9,14,21H,10-13,15H2,1-3H3,(H,23,27)/t21-/m1/s1. The van der Waals surface area contributed by atoms with Gasteiger partial charge in [0, 0.05) is 37.6 Å². The van der Waals surface area contributed by atoms with Gasteiger partial charge in [0.2, 0.25) is 10.0 Å². The summed E-state index contributed by atoms with van der Waals surface area (Å²) >= 11 is 0. The number of fused-ring (bicyclic) bond motifs is 1. The number of anilines is 3. The van der Waals surface area contributed by atoms with Crippen molar-refractivity contribution in [2.75, 3.05) is 60.5 Å². The van der Waals surface area contributed by atoms with E-state index in [1.807, 2.05) is 37.3 Å². The summed E-state index contributed by atoms with van der Waals surface area (Å²) in [6.45, 7) is 5.80. The Morgan fingerprint density at radius 1 is 1.06 bits per heavy atom. The number of nitrogens with one attached hydrogen (secondary N) is 1. The number of likely N-dealkylation sites (N-methyl/N-ethyl adjacent to an activating group) is 1. The molecule has 1 fully saturated rings. The van der Waals surface area contributed by atoms with E-state index in [1.54, 1.807) is 12.1 Å². The minimum absolute atomic E-state index is 0.0689. The molecule has 9 heteroatoms. The van der Waals surface area contributed by atoms with Crippen LogP contribution in [0.25, 0.3) is 0 Å². The first-order chi connectivity index (χ1) is 14.7. The molecule has 0 saturated carbocycles. The normalized spacial score (nSPS) is 19.5. The van der Waals surface area contributed by atoms with Crippen LogP contribution >= 0.6 is 0 Å². The zero-order valence-electron chi connectivity index (χ0n) is 18.0. The van der Waals surface area contributed by atoms with Crippen LogP contribution in [0.1, 0.15) is 5.56 Å². The number of piperazine rings is 1. The van der Waals surface area contributed by atoms with E-state index >= 15 is 0 Å². The molecule has 1 N–H and O–H groups in total. The molecule has 0 aliphatic carbocycles. The maximum absolute atomic E-state index is 12.9. The molecule has 1 saturated heterocycles. The van der Waals surface area contributed by atoms with Gasteiger partial charge < -0.3 is 19.9 Å². The molecule has 8 nitrogen and oxygen atoms in total. The SMILES string of the molecule is Cc1ccc2c(c1)N(S(C)(=O)=O)C[C@H](C(=O)Nc1ccc(N3CCN(C)CC3)cc1)O2. The molecule has 0 radical (unpaired) electrons. The summed E-state index contributed by atoms with van der Waals surface area (Å²) in [5.41, 5.74) is 3.14. The van der Waals surface area contributed by atoms with Crippen molar-refractivity contribution in [1.29, 1.82) is 0 Å². The van der Waals surface area contributed by atoms with Gasteiger partial charge in [0.25, 0.3) is 5.91 Å². The summed E-state index contributed by atoms with van der Waals surface area (Å²) in [6.07, 6.45) is 0.193. The summed E-state index contributed by atoms with van der Waals surface area (Å²) in [4.78, 5) is 17.5. The fourth-order valence-electron chi connectivity index (χ4n) is 3.85. The lowest BCUT2D eigenvalue weighted by atomic mass is 10.1. The van der Waals surface area contributed by atoms with Crippen molar-refractivity contribution in [3.05, 3.63) is 48.0 Å². The third-order valence-electron chi connectivity index (χ3n) is 5.68. The molecule has 0 unspecified atom stereocenters. The van der Waals surface area contributed by atoms with Gasteiger partial charge in [-0.05, 0) is 55.9 Å². The average molecular weight is 445 g/mol. The van der Waals surface area contributed by atoms with Gasteiger partial charge in [-0.2, -0.15) is 0 Å². The van der Waals surface area contributed by atoms with E-state index in [9.17, 15) is 13.2 Å². The first-order valence-electron chi connectivity index (χ1n) is 10.3. The Balaban J connectivity index is 1.46. The number of aryl methyl sites for hydroxylation is 1. The van der Waals surface area contributed by atoms with Gasteiger partial charge in [0.15, 0.2) is 6.10 Å². The Labute approximate surface area is 183 Å². The second-order valence-electron chi connectivity index (χ2n) is 8.20. The van der Waals surface area contributed by atoms with Crippen molar-refractivity contribution in [3.8, 4) is 5.75 Å². The topological polar surface area (TPSA) is 82.2 Å². The number of amides is 1. The maximum Gasteiger partial charge on any atom is 0.267 e. The van der Waals surface area contributed by atoms with Crippen LogP contribution in [0, 0.1) is 6.92 Å². The van der Waals surface area contributed by atoms with Crippen LogP contribution in [0.15, 0.2) is 42.5 Å². The van der Waals surface area contributed by atoms with Crippen molar-refractivity contribution in [3.63, 3.8) is 0 Å². The Morgan fingerprint density at radius 3 is 2.39 bits per heavy atom. The molecule has 31 heavy (non-hydrogen) atoms. The highest BCUT2D eigenvalue weighted by Crippen LogP contribution is 2.36. The van der Waals surface area contributed by atoms with E-state index in [-0.39, 0.29) is 12.5 Å². The Hall–Kier alpha value is -2.78. The van der Waals surface area contributed by atoms with Crippen molar-refractivity contribution < 1.29 is 17.9 Å². The maximum atomic E-state index is 12.9. The average Bonchev–Trinajstić information content (AvgIpc) is 2.73. The van der Waals surface area contributed by atoms with E-state index in [1.165, 1.54) is 4.31 Å². The fraction of sp³-hybridized carbons (Fsp3) is 0.409. The third-order valence-corrected chi connectivity index (χ3v) is 6.83. The number of hydrogen-bond donors (Lipinski definition) is 1. The van der Waals surface area contributed by atoms with Crippen molar-refractivity contribution in [1.82, 2.24) is 4.90 Å². The van der Waals surface area contributed by atoms with Crippen LogP contribution in [0.5, 0.6) is 5.75 Å². The molecule has 1 atom stereocenters. The van der Waals surface area contributed by atoms with Crippen LogP contribution in [-0.4, -0.2) is 71.4 Å². The first kappa shape index (κ1) is 21.5. The second-order valence-corrected chi connectivity index (χ2v) is 10.1. The molecule has 0 aromatic heterocycles. The number of hydrogen-bond acceptors (Lipinski definition) is 6. The zero-order valence-corrected chi connectivity index (χ0v) is 18.9. The van der Waals surface area contributed by atoms with E-state index in [4.69, 9.17) is 4.74 Å². The molecule has 1 amide bonds. The van der Waals surface area contributed by atoms with Crippen molar-refractivity contribution in [2.24, 2.45) is 0 Å². The quantitative estimate of drug-likeness (QED) is 0.776. The van der Waals surface area contributed by atoms with Crippen LogP contribution < -0.4 is 19.3 Å². The monoisotopic (exact) mass is 444 g/mol. The minimum atomic E-state index is -3.55. The molecule has 2 aliphatic rings. The summed E-state index contributed by atoms with van der Waals surface area (Å²) < 4.78 is 31.7. The minimum Gasteiger partial charge on any atom is -0.476 e. The molecular formula is C22H28N4O4S. The predicted octanol–water partition coefficient (Wildman–Crippen LogP) is 1.91. The number of ether oxygens (including phenoxy) is 1. The highest BCUT2D eigenvalue weighted by molar-refractivity contribution is 7.92. The van der Waals surface area contributed by atoms with Gasteiger partial charge in [-0.3, -0.25) is 9.10 Å². The molecule has 4 rings (SSSR count). The molecule has 0 bridgehead atoms. The summed E-state index contributed by atoms with van der Waals surface area (Å²) in [5.74, 6) is 0.0000571.